The van der Waals surface area contributed by atoms with Crippen LogP contribution >= 0.6 is 0 Å². The molecule has 3 N–H and O–H groups in total. The van der Waals surface area contributed by atoms with Gasteiger partial charge in [0.1, 0.15) is 17.3 Å². The van der Waals surface area contributed by atoms with Crippen molar-refractivity contribution < 1.29 is 23.1 Å². The van der Waals surface area contributed by atoms with Gasteiger partial charge in [-0.25, -0.2) is 15.3 Å². The molecule has 0 radical (unpaired) electrons. The summed E-state index contributed by atoms with van der Waals surface area (Å²) in [6, 6.07) is 10.5. The molecule has 8 nitrogen and oxygen atoms in total. The van der Waals surface area contributed by atoms with E-state index in [2.05, 4.69) is 25.8 Å². The van der Waals surface area contributed by atoms with Crippen LogP contribution in [0.4, 0.5) is 25.8 Å². The molecule has 0 amide bonds. The van der Waals surface area contributed by atoms with E-state index in [-0.39, 0.29) is 5.75 Å². The molecule has 3 aliphatic heterocycles. The fraction of sp³-hybridized carbons (Fsp3) is 0.250. The molecule has 1 unspecified atom stereocenters. The number of aliphatic imine (C=N–C) groups is 1. The van der Waals surface area contributed by atoms with E-state index in [1.807, 2.05) is 30.0 Å². The smallest absolute Gasteiger partial charge is 0.387 e. The number of nitrogens with one attached hydrogen (secondary N) is 3. The highest BCUT2D eigenvalue weighted by Crippen LogP contribution is 2.42. The molecule has 5 rings (SSSR count). The third-order valence-corrected chi connectivity index (χ3v) is 4.92. The number of nitrogens with zero attached hydrogens (tertiary/aromatic N) is 2. The summed E-state index contributed by atoms with van der Waals surface area (Å²) in [4.78, 5) is 12.3. The van der Waals surface area contributed by atoms with Crippen molar-refractivity contribution >= 4 is 23.3 Å². The zero-order valence-electron chi connectivity index (χ0n) is 16.2. The first kappa shape index (κ1) is 18.5. The molecule has 3 heterocycles. The Balaban J connectivity index is 1.53. The Hall–Kier alpha value is -3.53. The summed E-state index contributed by atoms with van der Waals surface area (Å²) < 4.78 is 35.5. The maximum atomic E-state index is 12.7. The average Bonchev–Trinajstić information content (AvgIpc) is 3.25. The number of aryl methyl sites for hydroxylation is 1. The van der Waals surface area contributed by atoms with Crippen LogP contribution in [0.2, 0.25) is 0 Å². The van der Waals surface area contributed by atoms with Crippen LogP contribution in [0.1, 0.15) is 12.5 Å². The number of fused-ring (bicyclic) bond motifs is 3. The molecule has 2 aromatic carbocycles. The number of anilines is 3. The van der Waals surface area contributed by atoms with Crippen molar-refractivity contribution in [1.82, 2.24) is 5.48 Å². The van der Waals surface area contributed by atoms with Crippen LogP contribution in [0.5, 0.6) is 11.5 Å². The maximum absolute atomic E-state index is 12.7. The minimum Gasteiger partial charge on any atom is -0.471 e. The van der Waals surface area contributed by atoms with Crippen molar-refractivity contribution in [2.45, 2.75) is 26.4 Å². The number of benzene rings is 2. The molecule has 1 atom stereocenters. The highest BCUT2D eigenvalue weighted by atomic mass is 19.3. The Morgan fingerprint density at radius 3 is 2.93 bits per heavy atom. The lowest BCUT2D eigenvalue weighted by Crippen LogP contribution is -2.51. The topological polar surface area (TPSA) is 79.4 Å². The molecular formula is C20H19F2N5O3. The van der Waals surface area contributed by atoms with Crippen LogP contribution in [0.25, 0.3) is 0 Å². The summed E-state index contributed by atoms with van der Waals surface area (Å²) in [5.74, 6) is 0.180. The van der Waals surface area contributed by atoms with Crippen molar-refractivity contribution in [2.75, 3.05) is 22.3 Å². The van der Waals surface area contributed by atoms with E-state index in [0.29, 0.717) is 18.2 Å². The fourth-order valence-corrected chi connectivity index (χ4v) is 3.66. The molecule has 2 aromatic rings. The van der Waals surface area contributed by atoms with Gasteiger partial charge in [-0.15, -0.1) is 0 Å². The number of rotatable bonds is 5. The molecule has 0 saturated carbocycles. The van der Waals surface area contributed by atoms with E-state index in [4.69, 9.17) is 9.57 Å². The molecule has 0 spiro atoms. The zero-order valence-corrected chi connectivity index (χ0v) is 16.2. The number of hydrogen-bond donors (Lipinski definition) is 3. The zero-order chi connectivity index (χ0) is 20.9. The Morgan fingerprint density at radius 1 is 1.23 bits per heavy atom. The summed E-state index contributed by atoms with van der Waals surface area (Å²) in [5.41, 5.74) is 6.71. The normalized spacial score (nSPS) is 21.3. The number of ether oxygens (including phenoxy) is 2. The second kappa shape index (κ2) is 6.77. The molecule has 156 valence electrons. The van der Waals surface area contributed by atoms with Gasteiger partial charge >= 0.3 is 12.6 Å². The first-order valence-electron chi connectivity index (χ1n) is 9.29. The number of halogens is 2. The Morgan fingerprint density at radius 2 is 2.10 bits per heavy atom. The molecule has 3 aliphatic rings. The van der Waals surface area contributed by atoms with Crippen LogP contribution in [-0.4, -0.2) is 25.5 Å². The van der Waals surface area contributed by atoms with E-state index in [1.54, 1.807) is 19.2 Å². The quantitative estimate of drug-likeness (QED) is 0.687. The number of hydrogen-bond acceptors (Lipinski definition) is 8. The predicted octanol–water partition coefficient (Wildman–Crippen LogP) is 3.74. The molecule has 1 saturated heterocycles. The minimum absolute atomic E-state index is 0.0482. The summed E-state index contributed by atoms with van der Waals surface area (Å²) >= 11 is 0. The van der Waals surface area contributed by atoms with Gasteiger partial charge in [-0.3, -0.25) is 4.90 Å². The summed E-state index contributed by atoms with van der Waals surface area (Å²) in [6.07, 6.45) is 1.69. The average molecular weight is 415 g/mol. The van der Waals surface area contributed by atoms with Crippen molar-refractivity contribution in [3.05, 3.63) is 53.4 Å². The third-order valence-electron chi connectivity index (χ3n) is 4.92. The Bertz CT molecular complexity index is 1070. The first-order chi connectivity index (χ1) is 14.4. The molecule has 1 fully saturated rings. The molecule has 0 aliphatic carbocycles. The lowest BCUT2D eigenvalue weighted by molar-refractivity contribution is -0.0498. The van der Waals surface area contributed by atoms with Gasteiger partial charge in [-0.1, -0.05) is 0 Å². The van der Waals surface area contributed by atoms with Crippen LogP contribution < -0.4 is 30.5 Å². The van der Waals surface area contributed by atoms with Crippen LogP contribution in [0.3, 0.4) is 0 Å². The van der Waals surface area contributed by atoms with E-state index in [0.717, 1.165) is 28.3 Å². The molecule has 2 bridgehead atoms. The maximum Gasteiger partial charge on any atom is 0.387 e. The van der Waals surface area contributed by atoms with Crippen molar-refractivity contribution in [1.29, 1.82) is 0 Å². The number of allylic oxidation sites excluding steroid dienone is 1. The largest absolute Gasteiger partial charge is 0.471 e. The van der Waals surface area contributed by atoms with Gasteiger partial charge in [0.2, 0.25) is 0 Å². The Kier molecular flexibility index (Phi) is 4.17. The third kappa shape index (κ3) is 3.05. The summed E-state index contributed by atoms with van der Waals surface area (Å²) in [5, 5.41) is 6.37. The highest BCUT2D eigenvalue weighted by Gasteiger charge is 2.49. The van der Waals surface area contributed by atoms with Gasteiger partial charge in [0.25, 0.3) is 0 Å². The Labute approximate surface area is 171 Å². The monoisotopic (exact) mass is 415 g/mol. The van der Waals surface area contributed by atoms with Crippen LogP contribution in [0, 0.1) is 6.92 Å². The van der Waals surface area contributed by atoms with Crippen molar-refractivity contribution in [3.63, 3.8) is 0 Å². The molecule has 30 heavy (non-hydrogen) atoms. The summed E-state index contributed by atoms with van der Waals surface area (Å²) in [7, 11) is 0. The van der Waals surface area contributed by atoms with E-state index in [9.17, 15) is 8.78 Å². The van der Waals surface area contributed by atoms with Gasteiger partial charge < -0.3 is 20.1 Å². The highest BCUT2D eigenvalue weighted by molar-refractivity contribution is 5.85. The number of hydroxylamine groups is 1. The van der Waals surface area contributed by atoms with Gasteiger partial charge in [-0.05, 0) is 49.7 Å². The number of alkyl halides is 2. The summed E-state index contributed by atoms with van der Waals surface area (Å²) in [6.45, 7) is 1.20. The van der Waals surface area contributed by atoms with E-state index < -0.39 is 12.6 Å². The van der Waals surface area contributed by atoms with Gasteiger partial charge in [-0.2, -0.15) is 8.78 Å². The van der Waals surface area contributed by atoms with Crippen LogP contribution in [0.15, 0.2) is 52.8 Å². The van der Waals surface area contributed by atoms with E-state index >= 15 is 0 Å². The van der Waals surface area contributed by atoms with Gasteiger partial charge in [0.05, 0.1) is 11.4 Å². The van der Waals surface area contributed by atoms with Crippen molar-refractivity contribution in [3.8, 4) is 11.5 Å². The van der Waals surface area contributed by atoms with Gasteiger partial charge in [0, 0.05) is 23.5 Å². The SMILES string of the molecule is CC1=C2NOC(Nc3cc(C)cc(OC(F)F)c3)(N=C1)N2c1ccc2c(c1)NCO2. The fourth-order valence-electron chi connectivity index (χ4n) is 3.66. The van der Waals surface area contributed by atoms with E-state index in [1.165, 1.54) is 12.1 Å². The molecular weight excluding hydrogens is 396 g/mol. The lowest BCUT2D eigenvalue weighted by atomic mass is 10.2. The lowest BCUT2D eigenvalue weighted by Gasteiger charge is -2.36. The molecule has 0 aromatic heterocycles. The van der Waals surface area contributed by atoms with Crippen molar-refractivity contribution in [2.24, 2.45) is 4.99 Å². The second-order valence-corrected chi connectivity index (χ2v) is 7.12. The minimum atomic E-state index is -2.91. The van der Waals surface area contributed by atoms with Gasteiger partial charge in [0.15, 0.2) is 6.73 Å². The second-order valence-electron chi connectivity index (χ2n) is 7.12. The molecule has 10 heteroatoms. The first-order valence-corrected chi connectivity index (χ1v) is 9.29. The predicted molar refractivity (Wildman–Crippen MR) is 108 cm³/mol. The van der Waals surface area contributed by atoms with Crippen LogP contribution in [-0.2, 0) is 4.84 Å². The standard InChI is InChI=1S/C20H19F2N5O3/c1-11-5-13(7-15(6-11)29-19(21)22)25-20-24-9-12(2)18(26-30-20)27(20)14-3-4-17-16(8-14)23-10-28-17/h3-9,19,23,25-26H,10H2,1-2H3.